The van der Waals surface area contributed by atoms with Gasteiger partial charge in [0.1, 0.15) is 0 Å². The first kappa shape index (κ1) is 15.6. The van der Waals surface area contributed by atoms with Gasteiger partial charge in [-0.3, -0.25) is 0 Å². The third-order valence-corrected chi connectivity index (χ3v) is 3.87. The molecule has 1 aliphatic heterocycles. The van der Waals surface area contributed by atoms with Crippen molar-refractivity contribution >= 4 is 15.9 Å². The van der Waals surface area contributed by atoms with E-state index in [1.165, 1.54) is 0 Å². The van der Waals surface area contributed by atoms with Crippen LogP contribution in [0.25, 0.3) is 0 Å². The molecule has 3 N–H and O–H groups in total. The number of ether oxygens (including phenoxy) is 2. The lowest BCUT2D eigenvalue weighted by molar-refractivity contribution is 0.103. The number of fused-ring (bicyclic) bond motifs is 1. The van der Waals surface area contributed by atoms with E-state index in [9.17, 15) is 10.2 Å². The van der Waals surface area contributed by atoms with Gasteiger partial charge in [-0.25, -0.2) is 0 Å². The summed E-state index contributed by atoms with van der Waals surface area (Å²) >= 11 is 3.49. The van der Waals surface area contributed by atoms with Crippen LogP contribution in [0.15, 0.2) is 16.6 Å². The van der Waals surface area contributed by atoms with E-state index < -0.39 is 5.54 Å². The number of nitrogens with one attached hydrogen (secondary N) is 1. The SMILES string of the molecule is CC(CO)(CO)NCc1cc(Br)c2c(c1)OCCCO2. The fraction of sp³-hybridized carbons (Fsp3) is 0.571. The largest absolute Gasteiger partial charge is 0.490 e. The highest BCUT2D eigenvalue weighted by molar-refractivity contribution is 9.10. The lowest BCUT2D eigenvalue weighted by atomic mass is 10.0. The quantitative estimate of drug-likeness (QED) is 0.753. The van der Waals surface area contributed by atoms with Crippen LogP contribution < -0.4 is 14.8 Å². The molecule has 1 heterocycles. The normalized spacial score (nSPS) is 15.0. The summed E-state index contributed by atoms with van der Waals surface area (Å²) in [6, 6.07) is 3.88. The number of hydrogen-bond donors (Lipinski definition) is 3. The van der Waals surface area contributed by atoms with E-state index in [0.29, 0.717) is 19.8 Å². The second-order valence-electron chi connectivity index (χ2n) is 5.19. The number of aliphatic hydroxyl groups is 2. The van der Waals surface area contributed by atoms with E-state index in [0.717, 1.165) is 28.0 Å². The molecule has 0 atom stereocenters. The number of aliphatic hydroxyl groups excluding tert-OH is 2. The lowest BCUT2D eigenvalue weighted by Crippen LogP contribution is -2.48. The minimum atomic E-state index is -0.698. The zero-order valence-electron chi connectivity index (χ0n) is 11.5. The predicted molar refractivity (Wildman–Crippen MR) is 79.2 cm³/mol. The van der Waals surface area contributed by atoms with Crippen molar-refractivity contribution in [2.75, 3.05) is 26.4 Å². The van der Waals surface area contributed by atoms with Crippen molar-refractivity contribution in [3.63, 3.8) is 0 Å². The average Bonchev–Trinajstić information content (AvgIpc) is 2.70. The Balaban J connectivity index is 2.13. The molecule has 0 aromatic heterocycles. The molecule has 5 nitrogen and oxygen atoms in total. The Labute approximate surface area is 127 Å². The van der Waals surface area contributed by atoms with Crippen molar-refractivity contribution in [3.8, 4) is 11.5 Å². The third kappa shape index (κ3) is 3.63. The molecule has 1 aromatic carbocycles. The Bertz CT molecular complexity index is 463. The van der Waals surface area contributed by atoms with Crippen molar-refractivity contribution in [1.82, 2.24) is 5.32 Å². The molecule has 0 saturated heterocycles. The number of halogens is 1. The van der Waals surface area contributed by atoms with Gasteiger partial charge in [-0.2, -0.15) is 0 Å². The van der Waals surface area contributed by atoms with Gasteiger partial charge in [-0.1, -0.05) is 0 Å². The molecule has 2 rings (SSSR count). The van der Waals surface area contributed by atoms with E-state index in [-0.39, 0.29) is 13.2 Å². The zero-order valence-corrected chi connectivity index (χ0v) is 13.1. The van der Waals surface area contributed by atoms with Crippen LogP contribution in [0.1, 0.15) is 18.9 Å². The van der Waals surface area contributed by atoms with Gasteiger partial charge < -0.3 is 25.0 Å². The second kappa shape index (κ2) is 6.76. The minimum absolute atomic E-state index is 0.130. The second-order valence-corrected chi connectivity index (χ2v) is 6.04. The van der Waals surface area contributed by atoms with Crippen molar-refractivity contribution < 1.29 is 19.7 Å². The monoisotopic (exact) mass is 345 g/mol. The molecule has 0 fully saturated rings. The summed E-state index contributed by atoms with van der Waals surface area (Å²) in [6.07, 6.45) is 0.863. The van der Waals surface area contributed by atoms with Crippen LogP contribution in [-0.4, -0.2) is 42.2 Å². The van der Waals surface area contributed by atoms with Gasteiger partial charge in [-0.15, -0.1) is 0 Å². The summed E-state index contributed by atoms with van der Waals surface area (Å²) in [7, 11) is 0. The Morgan fingerprint density at radius 3 is 2.65 bits per heavy atom. The maximum atomic E-state index is 9.27. The molecule has 0 bridgehead atoms. The highest BCUT2D eigenvalue weighted by Crippen LogP contribution is 2.38. The van der Waals surface area contributed by atoms with Crippen LogP contribution in [0.2, 0.25) is 0 Å². The van der Waals surface area contributed by atoms with Gasteiger partial charge in [-0.05, 0) is 40.5 Å². The van der Waals surface area contributed by atoms with Crippen molar-refractivity contribution in [2.45, 2.75) is 25.4 Å². The molecule has 112 valence electrons. The van der Waals surface area contributed by atoms with Crippen molar-refractivity contribution in [3.05, 3.63) is 22.2 Å². The maximum Gasteiger partial charge on any atom is 0.175 e. The Morgan fingerprint density at radius 1 is 1.25 bits per heavy atom. The molecular formula is C14H20BrNO4. The fourth-order valence-corrected chi connectivity index (χ4v) is 2.47. The smallest absolute Gasteiger partial charge is 0.175 e. The summed E-state index contributed by atoms with van der Waals surface area (Å²) in [4.78, 5) is 0. The summed E-state index contributed by atoms with van der Waals surface area (Å²) in [5, 5.41) is 21.7. The maximum absolute atomic E-state index is 9.27. The number of hydrogen-bond acceptors (Lipinski definition) is 5. The van der Waals surface area contributed by atoms with Crippen LogP contribution >= 0.6 is 15.9 Å². The Hall–Kier alpha value is -0.820. The zero-order chi connectivity index (χ0) is 14.6. The van der Waals surface area contributed by atoms with Crippen LogP contribution in [-0.2, 0) is 6.54 Å². The van der Waals surface area contributed by atoms with E-state index in [1.54, 1.807) is 6.92 Å². The van der Waals surface area contributed by atoms with Crippen LogP contribution in [0.3, 0.4) is 0 Å². The summed E-state index contributed by atoms with van der Waals surface area (Å²) in [5.74, 6) is 1.46. The van der Waals surface area contributed by atoms with E-state index in [1.807, 2.05) is 12.1 Å². The first-order valence-electron chi connectivity index (χ1n) is 6.63. The molecule has 0 unspecified atom stereocenters. The number of benzene rings is 1. The first-order valence-corrected chi connectivity index (χ1v) is 7.42. The van der Waals surface area contributed by atoms with Crippen LogP contribution in [0, 0.1) is 0 Å². The molecule has 1 aromatic rings. The van der Waals surface area contributed by atoms with Gasteiger partial charge >= 0.3 is 0 Å². The topological polar surface area (TPSA) is 71.0 Å². The molecule has 1 aliphatic rings. The van der Waals surface area contributed by atoms with E-state index >= 15 is 0 Å². The Morgan fingerprint density at radius 2 is 1.95 bits per heavy atom. The molecule has 6 heteroatoms. The lowest BCUT2D eigenvalue weighted by Gasteiger charge is -2.26. The molecule has 0 radical (unpaired) electrons. The van der Waals surface area contributed by atoms with Crippen molar-refractivity contribution in [1.29, 1.82) is 0 Å². The Kier molecular flexibility index (Phi) is 5.26. The molecule has 0 amide bonds. The summed E-state index contributed by atoms with van der Waals surface area (Å²) in [6.45, 7) is 3.32. The van der Waals surface area contributed by atoms with Gasteiger partial charge in [0.05, 0.1) is 36.4 Å². The highest BCUT2D eigenvalue weighted by Gasteiger charge is 2.22. The molecule has 0 aliphatic carbocycles. The van der Waals surface area contributed by atoms with Gasteiger partial charge in [0, 0.05) is 13.0 Å². The van der Waals surface area contributed by atoms with Gasteiger partial charge in [0.2, 0.25) is 0 Å². The number of rotatable bonds is 5. The molecular weight excluding hydrogens is 326 g/mol. The van der Waals surface area contributed by atoms with Crippen LogP contribution in [0.4, 0.5) is 0 Å². The third-order valence-electron chi connectivity index (χ3n) is 3.28. The van der Waals surface area contributed by atoms with E-state index in [4.69, 9.17) is 9.47 Å². The van der Waals surface area contributed by atoms with Gasteiger partial charge in [0.15, 0.2) is 11.5 Å². The average molecular weight is 346 g/mol. The predicted octanol–water partition coefficient (Wildman–Crippen LogP) is 1.44. The molecule has 0 spiro atoms. The fourth-order valence-electron chi connectivity index (χ4n) is 1.86. The van der Waals surface area contributed by atoms with E-state index in [2.05, 4.69) is 21.2 Å². The van der Waals surface area contributed by atoms with Crippen molar-refractivity contribution in [2.24, 2.45) is 0 Å². The summed E-state index contributed by atoms with van der Waals surface area (Å²) < 4.78 is 12.2. The first-order chi connectivity index (χ1) is 9.58. The highest BCUT2D eigenvalue weighted by atomic mass is 79.9. The molecule has 20 heavy (non-hydrogen) atoms. The van der Waals surface area contributed by atoms with Crippen LogP contribution in [0.5, 0.6) is 11.5 Å². The van der Waals surface area contributed by atoms with Gasteiger partial charge in [0.25, 0.3) is 0 Å². The molecule has 0 saturated carbocycles. The standard InChI is InChI=1S/C14H20BrNO4/c1-14(8-17,9-18)16-7-10-5-11(15)13-12(6-10)19-3-2-4-20-13/h5-6,16-18H,2-4,7-9H2,1H3. The minimum Gasteiger partial charge on any atom is -0.490 e. The summed E-state index contributed by atoms with van der Waals surface area (Å²) in [5.41, 5.74) is 0.297.